The molecule has 1 nitrogen and oxygen atoms in total. The molecule has 0 aliphatic carbocycles. The maximum absolute atomic E-state index is 11.8. The van der Waals surface area contributed by atoms with Gasteiger partial charge < -0.3 is 0 Å². The zero-order valence-corrected chi connectivity index (χ0v) is 16.5. The lowest BCUT2D eigenvalue weighted by atomic mass is 10.0. The minimum atomic E-state index is -0.648. The molecular formula is C16H42FNS. The molecule has 0 spiro atoms. The third-order valence-electron chi connectivity index (χ3n) is 2.25. The Bertz CT molecular complexity index is 80.9. The first-order valence-electron chi connectivity index (χ1n) is 7.65. The fourth-order valence-corrected chi connectivity index (χ4v) is 0. The average Bonchev–Trinajstić information content (AvgIpc) is 2.35. The Morgan fingerprint density at radius 1 is 0.684 bits per heavy atom. The van der Waals surface area contributed by atoms with E-state index < -0.39 is 6.17 Å². The van der Waals surface area contributed by atoms with Gasteiger partial charge in [-0.05, 0) is 31.7 Å². The van der Waals surface area contributed by atoms with Gasteiger partial charge in [-0.25, -0.2) is 4.39 Å². The van der Waals surface area contributed by atoms with Crippen molar-refractivity contribution in [2.75, 3.05) is 7.05 Å². The van der Waals surface area contributed by atoms with Crippen LogP contribution in [0.5, 0.6) is 0 Å². The Balaban J connectivity index is -0.0000000472. The van der Waals surface area contributed by atoms with Gasteiger partial charge in [0, 0.05) is 0 Å². The topological polar surface area (TPSA) is 12.0 Å². The second-order valence-electron chi connectivity index (χ2n) is 4.63. The van der Waals surface area contributed by atoms with E-state index in [1.165, 1.54) is 0 Å². The van der Waals surface area contributed by atoms with Crippen molar-refractivity contribution in [3.63, 3.8) is 0 Å². The largest absolute Gasteiger partial charge is 0.270 e. The molecule has 0 heterocycles. The van der Waals surface area contributed by atoms with Crippen LogP contribution in [-0.4, -0.2) is 13.2 Å². The summed E-state index contributed by atoms with van der Waals surface area (Å²) >= 11 is 3.54. The molecule has 124 valence electrons. The second kappa shape index (κ2) is 30.9. The molecule has 19 heavy (non-hydrogen) atoms. The predicted molar refractivity (Wildman–Crippen MR) is 95.8 cm³/mol. The number of thiol groups is 1. The summed E-state index contributed by atoms with van der Waals surface area (Å²) in [7, 11) is 1.74. The molecule has 0 bridgehead atoms. The zero-order valence-electron chi connectivity index (χ0n) is 15.6. The molecule has 0 aromatic rings. The van der Waals surface area contributed by atoms with Crippen LogP contribution in [0.2, 0.25) is 0 Å². The first kappa shape index (κ1) is 31.6. The average molecular weight is 300 g/mol. The molecular weight excluding hydrogens is 257 g/mol. The molecule has 0 rings (SSSR count). The Labute approximate surface area is 129 Å². The minimum absolute atomic E-state index is 0.185. The highest BCUT2D eigenvalue weighted by molar-refractivity contribution is 7.78. The second-order valence-corrected chi connectivity index (χ2v) is 5.08. The molecule has 1 atom stereocenters. The molecule has 3 heteroatoms. The number of halogens is 1. The molecule has 0 saturated carbocycles. The maximum Gasteiger partial charge on any atom is 0.0996 e. The summed E-state index contributed by atoms with van der Waals surface area (Å²) in [5.41, 5.74) is 0. The van der Waals surface area contributed by atoms with Crippen molar-refractivity contribution < 1.29 is 4.39 Å². The summed E-state index contributed by atoms with van der Waals surface area (Å²) < 4.78 is 14.3. The molecule has 0 aromatic heterocycles. The molecule has 1 unspecified atom stereocenters. The van der Waals surface area contributed by atoms with Crippen LogP contribution in [0.1, 0.15) is 76.2 Å². The van der Waals surface area contributed by atoms with Gasteiger partial charge in [-0.1, -0.05) is 82.1 Å². The molecule has 0 aliphatic rings. The molecule has 1 N–H and O–H groups in total. The van der Waals surface area contributed by atoms with Gasteiger partial charge in [0.2, 0.25) is 0 Å². The highest BCUT2D eigenvalue weighted by atomic mass is 32.1. The van der Waals surface area contributed by atoms with E-state index in [9.17, 15) is 4.39 Å². The molecule has 0 saturated heterocycles. The van der Waals surface area contributed by atoms with Crippen molar-refractivity contribution in [2.24, 2.45) is 17.8 Å². The van der Waals surface area contributed by atoms with E-state index in [2.05, 4.69) is 45.2 Å². The number of nitrogens with one attached hydrogen (secondary N) is 1. The van der Waals surface area contributed by atoms with Gasteiger partial charge in [0.15, 0.2) is 0 Å². The summed E-state index contributed by atoms with van der Waals surface area (Å²) in [6.45, 7) is 22.3. The summed E-state index contributed by atoms with van der Waals surface area (Å²) in [5, 5.41) is 0. The summed E-state index contributed by atoms with van der Waals surface area (Å²) in [4.78, 5) is 0. The number of alkyl halides is 1. The van der Waals surface area contributed by atoms with Crippen LogP contribution >= 0.6 is 12.8 Å². The highest BCUT2D eigenvalue weighted by Crippen LogP contribution is 2.05. The van der Waals surface area contributed by atoms with E-state index >= 15 is 0 Å². The molecule has 0 aromatic carbocycles. The van der Waals surface area contributed by atoms with Crippen molar-refractivity contribution in [1.29, 1.82) is 0 Å². The van der Waals surface area contributed by atoms with Crippen molar-refractivity contribution in [3.8, 4) is 0 Å². The normalized spacial score (nSPS) is 9.95. The lowest BCUT2D eigenvalue weighted by Gasteiger charge is -2.05. The number of hydrogen-bond acceptors (Lipinski definition) is 2. The van der Waals surface area contributed by atoms with Crippen LogP contribution in [0, 0.1) is 17.8 Å². The molecule has 0 radical (unpaired) electrons. The lowest BCUT2D eigenvalue weighted by Crippen LogP contribution is -2.01. The zero-order chi connectivity index (χ0) is 17.0. The Morgan fingerprint density at radius 3 is 0.789 bits per heavy atom. The van der Waals surface area contributed by atoms with Gasteiger partial charge in [-0.3, -0.25) is 4.72 Å². The third kappa shape index (κ3) is 70.9. The first-order valence-corrected chi connectivity index (χ1v) is 8.10. The van der Waals surface area contributed by atoms with Crippen LogP contribution in [0.3, 0.4) is 0 Å². The predicted octanol–water partition coefficient (Wildman–Crippen LogP) is 6.40. The van der Waals surface area contributed by atoms with Crippen LogP contribution in [0.25, 0.3) is 0 Å². The van der Waals surface area contributed by atoms with Crippen LogP contribution in [0.15, 0.2) is 0 Å². The van der Waals surface area contributed by atoms with E-state index in [1.807, 2.05) is 41.5 Å². The van der Waals surface area contributed by atoms with E-state index in [0.717, 1.165) is 11.8 Å². The van der Waals surface area contributed by atoms with Gasteiger partial charge in [-0.15, -0.1) is 0 Å². The monoisotopic (exact) mass is 299 g/mol. The van der Waals surface area contributed by atoms with Crippen LogP contribution < -0.4 is 4.72 Å². The standard InChI is InChI=1S/C6H14.C5H11F.2C2H6.CH5NS/c1-5(2)6(3)4;1-4(2)5(3)6;2*1-2;1-2-3/h5-6H,1-4H3;4-5H,1-3H3;2*1-2H3;2-3H,1H3. The van der Waals surface area contributed by atoms with Crippen LogP contribution in [0.4, 0.5) is 4.39 Å². The smallest absolute Gasteiger partial charge is 0.0996 e. The Hall–Kier alpha value is 0.240. The third-order valence-corrected chi connectivity index (χ3v) is 2.25. The van der Waals surface area contributed by atoms with E-state index in [4.69, 9.17) is 0 Å². The fourth-order valence-electron chi connectivity index (χ4n) is 0. The van der Waals surface area contributed by atoms with E-state index in [0.29, 0.717) is 0 Å². The number of hydrogen-bond donors (Lipinski definition) is 2. The van der Waals surface area contributed by atoms with Crippen molar-refractivity contribution >= 4 is 12.8 Å². The maximum atomic E-state index is 11.8. The van der Waals surface area contributed by atoms with Gasteiger partial charge in [0.1, 0.15) is 0 Å². The van der Waals surface area contributed by atoms with E-state index in [-0.39, 0.29) is 5.92 Å². The van der Waals surface area contributed by atoms with Gasteiger partial charge >= 0.3 is 0 Å². The minimum Gasteiger partial charge on any atom is -0.270 e. The summed E-state index contributed by atoms with van der Waals surface area (Å²) in [6.07, 6.45) is -0.648. The van der Waals surface area contributed by atoms with Crippen molar-refractivity contribution in [1.82, 2.24) is 4.72 Å². The quantitative estimate of drug-likeness (QED) is 0.562. The summed E-state index contributed by atoms with van der Waals surface area (Å²) in [5.74, 6) is 1.89. The van der Waals surface area contributed by atoms with Gasteiger partial charge in [-0.2, -0.15) is 0 Å². The fraction of sp³-hybridized carbons (Fsp3) is 1.00. The number of rotatable bonds is 2. The lowest BCUT2D eigenvalue weighted by molar-refractivity contribution is 0.280. The summed E-state index contributed by atoms with van der Waals surface area (Å²) in [6, 6.07) is 0. The van der Waals surface area contributed by atoms with Gasteiger partial charge in [0.05, 0.1) is 6.17 Å². The Morgan fingerprint density at radius 2 is 0.789 bits per heavy atom. The molecule has 0 fully saturated rings. The van der Waals surface area contributed by atoms with Crippen molar-refractivity contribution in [2.45, 2.75) is 82.3 Å². The SMILES string of the molecule is CC.CC.CC(C)C(C)C.CC(C)C(C)F.CNS. The van der Waals surface area contributed by atoms with Gasteiger partial charge in [0.25, 0.3) is 0 Å². The van der Waals surface area contributed by atoms with Crippen molar-refractivity contribution in [3.05, 3.63) is 0 Å². The highest BCUT2D eigenvalue weighted by Gasteiger charge is 2.00. The van der Waals surface area contributed by atoms with Crippen LogP contribution in [-0.2, 0) is 0 Å². The van der Waals surface area contributed by atoms with E-state index in [1.54, 1.807) is 14.0 Å². The molecule has 0 aliphatic heterocycles. The Kier molecular flexibility index (Phi) is 51.4. The molecule has 0 amide bonds. The first-order chi connectivity index (χ1) is 8.70.